The van der Waals surface area contributed by atoms with Crippen LogP contribution in [0.5, 0.6) is 17.2 Å². The van der Waals surface area contributed by atoms with Crippen LogP contribution in [-0.4, -0.2) is 31.9 Å². The summed E-state index contributed by atoms with van der Waals surface area (Å²) >= 11 is 0. The van der Waals surface area contributed by atoms with Gasteiger partial charge in [-0.1, -0.05) is 12.1 Å². The number of hydrogen-bond donors (Lipinski definition) is 1. The number of carbonyl (C=O) groups excluding carboxylic acids is 1. The number of para-hydroxylation sites is 2. The van der Waals surface area contributed by atoms with Crippen molar-refractivity contribution in [1.29, 1.82) is 0 Å². The number of rotatable bonds is 9. The van der Waals surface area contributed by atoms with E-state index in [9.17, 15) is 4.79 Å². The second kappa shape index (κ2) is 9.97. The van der Waals surface area contributed by atoms with Gasteiger partial charge in [0.25, 0.3) is 5.91 Å². The maximum atomic E-state index is 11.8. The minimum atomic E-state index is -0.353. The molecule has 0 heterocycles. The molecule has 0 radical (unpaired) electrons. The molecule has 1 N–H and O–H groups in total. The van der Waals surface area contributed by atoms with E-state index < -0.39 is 0 Å². The standard InChI is InChI=1S/C19H22N2O4/c1-3-23-16-11-9-15(10-12-16)13-20-21-19(22)14-25-18-8-6-5-7-17(18)24-4-2/h5-13H,3-4,14H2,1-2H3,(H,21,22). The van der Waals surface area contributed by atoms with Crippen LogP contribution in [0.15, 0.2) is 53.6 Å². The van der Waals surface area contributed by atoms with Crippen molar-refractivity contribution >= 4 is 12.1 Å². The lowest BCUT2D eigenvalue weighted by Crippen LogP contribution is -2.24. The molecule has 0 fully saturated rings. The van der Waals surface area contributed by atoms with Gasteiger partial charge in [-0.05, 0) is 55.8 Å². The number of amides is 1. The van der Waals surface area contributed by atoms with E-state index in [1.54, 1.807) is 18.3 Å². The van der Waals surface area contributed by atoms with Gasteiger partial charge >= 0.3 is 0 Å². The van der Waals surface area contributed by atoms with Crippen molar-refractivity contribution in [3.05, 3.63) is 54.1 Å². The van der Waals surface area contributed by atoms with Crippen LogP contribution in [0.4, 0.5) is 0 Å². The number of ether oxygens (including phenoxy) is 3. The lowest BCUT2D eigenvalue weighted by Gasteiger charge is -2.10. The maximum absolute atomic E-state index is 11.8. The van der Waals surface area contributed by atoms with Gasteiger partial charge < -0.3 is 14.2 Å². The van der Waals surface area contributed by atoms with Crippen molar-refractivity contribution in [3.63, 3.8) is 0 Å². The molecule has 2 aromatic rings. The van der Waals surface area contributed by atoms with Crippen LogP contribution < -0.4 is 19.6 Å². The number of benzene rings is 2. The Morgan fingerprint density at radius 3 is 2.24 bits per heavy atom. The second-order valence-corrected chi connectivity index (χ2v) is 4.96. The zero-order chi connectivity index (χ0) is 17.9. The van der Waals surface area contributed by atoms with Crippen molar-refractivity contribution in [3.8, 4) is 17.2 Å². The quantitative estimate of drug-likeness (QED) is 0.562. The summed E-state index contributed by atoms with van der Waals surface area (Å²) in [7, 11) is 0. The number of hydrazone groups is 1. The van der Waals surface area contributed by atoms with Crippen LogP contribution in [0.2, 0.25) is 0 Å². The van der Waals surface area contributed by atoms with Crippen LogP contribution in [0, 0.1) is 0 Å². The molecule has 0 unspecified atom stereocenters. The highest BCUT2D eigenvalue weighted by Crippen LogP contribution is 2.26. The monoisotopic (exact) mass is 342 g/mol. The molecule has 6 heteroatoms. The minimum absolute atomic E-state index is 0.148. The summed E-state index contributed by atoms with van der Waals surface area (Å²) < 4.78 is 16.3. The van der Waals surface area contributed by atoms with Crippen LogP contribution in [0.3, 0.4) is 0 Å². The molecule has 0 saturated heterocycles. The molecule has 0 aliphatic carbocycles. The molecular formula is C19H22N2O4. The predicted molar refractivity (Wildman–Crippen MR) is 96.5 cm³/mol. The van der Waals surface area contributed by atoms with Crippen LogP contribution >= 0.6 is 0 Å². The van der Waals surface area contributed by atoms with E-state index in [4.69, 9.17) is 14.2 Å². The van der Waals surface area contributed by atoms with Crippen LogP contribution in [-0.2, 0) is 4.79 Å². The van der Waals surface area contributed by atoms with E-state index >= 15 is 0 Å². The van der Waals surface area contributed by atoms with E-state index in [1.807, 2.05) is 50.2 Å². The SMILES string of the molecule is CCOc1ccc(C=NNC(=O)COc2ccccc2OCC)cc1. The van der Waals surface area contributed by atoms with Gasteiger partial charge in [-0.2, -0.15) is 5.10 Å². The molecule has 2 rings (SSSR count). The second-order valence-electron chi connectivity index (χ2n) is 4.96. The average molecular weight is 342 g/mol. The largest absolute Gasteiger partial charge is 0.494 e. The number of carbonyl (C=O) groups is 1. The summed E-state index contributed by atoms with van der Waals surface area (Å²) in [6.45, 7) is 4.82. The molecule has 0 aromatic heterocycles. The number of nitrogens with zero attached hydrogens (tertiary/aromatic N) is 1. The number of hydrogen-bond acceptors (Lipinski definition) is 5. The Morgan fingerprint density at radius 2 is 1.60 bits per heavy atom. The first-order valence-electron chi connectivity index (χ1n) is 8.12. The number of nitrogens with one attached hydrogen (secondary N) is 1. The zero-order valence-corrected chi connectivity index (χ0v) is 14.4. The predicted octanol–water partition coefficient (Wildman–Crippen LogP) is 3.01. The van der Waals surface area contributed by atoms with E-state index in [2.05, 4.69) is 10.5 Å². The van der Waals surface area contributed by atoms with Gasteiger partial charge in [-0.25, -0.2) is 5.43 Å². The Labute approximate surface area is 147 Å². The molecule has 0 aliphatic heterocycles. The van der Waals surface area contributed by atoms with Crippen LogP contribution in [0.25, 0.3) is 0 Å². The lowest BCUT2D eigenvalue weighted by molar-refractivity contribution is -0.123. The molecule has 25 heavy (non-hydrogen) atoms. The lowest BCUT2D eigenvalue weighted by atomic mass is 10.2. The van der Waals surface area contributed by atoms with E-state index in [-0.39, 0.29) is 12.5 Å². The first-order valence-corrected chi connectivity index (χ1v) is 8.12. The molecular weight excluding hydrogens is 320 g/mol. The summed E-state index contributed by atoms with van der Waals surface area (Å²) in [6.07, 6.45) is 1.56. The summed E-state index contributed by atoms with van der Waals surface area (Å²) in [6, 6.07) is 14.6. The van der Waals surface area contributed by atoms with Crippen LogP contribution in [0.1, 0.15) is 19.4 Å². The molecule has 0 bridgehead atoms. The fourth-order valence-corrected chi connectivity index (χ4v) is 2.02. The molecule has 132 valence electrons. The van der Waals surface area contributed by atoms with Crippen molar-refractivity contribution in [2.45, 2.75) is 13.8 Å². The maximum Gasteiger partial charge on any atom is 0.277 e. The van der Waals surface area contributed by atoms with Gasteiger partial charge in [0.15, 0.2) is 18.1 Å². The summed E-state index contributed by atoms with van der Waals surface area (Å²) in [4.78, 5) is 11.8. The van der Waals surface area contributed by atoms with Crippen molar-refractivity contribution in [1.82, 2.24) is 5.43 Å². The third kappa shape index (κ3) is 6.18. The van der Waals surface area contributed by atoms with Gasteiger partial charge in [0.1, 0.15) is 5.75 Å². The highest BCUT2D eigenvalue weighted by molar-refractivity contribution is 5.83. The summed E-state index contributed by atoms with van der Waals surface area (Å²) in [5, 5.41) is 3.91. The summed E-state index contributed by atoms with van der Waals surface area (Å²) in [5.41, 5.74) is 3.28. The third-order valence-electron chi connectivity index (χ3n) is 3.10. The molecule has 0 atom stereocenters. The topological polar surface area (TPSA) is 69.2 Å². The van der Waals surface area contributed by atoms with Crippen molar-refractivity contribution in [2.75, 3.05) is 19.8 Å². The first kappa shape index (κ1) is 18.3. The molecule has 1 amide bonds. The molecule has 0 saturated carbocycles. The van der Waals surface area contributed by atoms with E-state index in [1.165, 1.54) is 0 Å². The van der Waals surface area contributed by atoms with Gasteiger partial charge in [-0.15, -0.1) is 0 Å². The Balaban J connectivity index is 1.80. The van der Waals surface area contributed by atoms with Gasteiger partial charge in [0.05, 0.1) is 19.4 Å². The molecule has 2 aromatic carbocycles. The average Bonchev–Trinajstić information content (AvgIpc) is 2.63. The van der Waals surface area contributed by atoms with Gasteiger partial charge in [0, 0.05) is 0 Å². The van der Waals surface area contributed by atoms with E-state index in [0.29, 0.717) is 24.7 Å². The Kier molecular flexibility index (Phi) is 7.31. The van der Waals surface area contributed by atoms with E-state index in [0.717, 1.165) is 11.3 Å². The molecule has 0 aliphatic rings. The van der Waals surface area contributed by atoms with Crippen molar-refractivity contribution < 1.29 is 19.0 Å². The fraction of sp³-hybridized carbons (Fsp3) is 0.263. The summed E-state index contributed by atoms with van der Waals surface area (Å²) in [5.74, 6) is 1.57. The van der Waals surface area contributed by atoms with Gasteiger partial charge in [0.2, 0.25) is 0 Å². The zero-order valence-electron chi connectivity index (χ0n) is 14.4. The third-order valence-corrected chi connectivity index (χ3v) is 3.10. The van der Waals surface area contributed by atoms with Crippen molar-refractivity contribution in [2.24, 2.45) is 5.10 Å². The first-order chi connectivity index (χ1) is 12.2. The Hall–Kier alpha value is -3.02. The van der Waals surface area contributed by atoms with Gasteiger partial charge in [-0.3, -0.25) is 4.79 Å². The highest BCUT2D eigenvalue weighted by Gasteiger charge is 2.06. The molecule has 0 spiro atoms. The Morgan fingerprint density at radius 1 is 0.960 bits per heavy atom. The highest BCUT2D eigenvalue weighted by atomic mass is 16.5. The molecule has 6 nitrogen and oxygen atoms in total. The fourth-order valence-electron chi connectivity index (χ4n) is 2.02. The minimum Gasteiger partial charge on any atom is -0.494 e. The smallest absolute Gasteiger partial charge is 0.277 e. The Bertz CT molecular complexity index is 699. The normalized spacial score (nSPS) is 10.5.